The van der Waals surface area contributed by atoms with E-state index in [0.29, 0.717) is 4.48 Å². The summed E-state index contributed by atoms with van der Waals surface area (Å²) in [5.74, 6) is 0. The number of allylic oxidation sites excluding steroid dienone is 1. The van der Waals surface area contributed by atoms with Gasteiger partial charge in [-0.3, -0.25) is 4.79 Å². The third-order valence-corrected chi connectivity index (χ3v) is 2.70. The molecule has 0 aliphatic heterocycles. The molecule has 0 bridgehead atoms. The van der Waals surface area contributed by atoms with Crippen molar-refractivity contribution in [1.29, 1.82) is 0 Å². The zero-order valence-electron chi connectivity index (χ0n) is 5.94. The number of halogens is 1. The summed E-state index contributed by atoms with van der Waals surface area (Å²) in [7, 11) is -1.18. The van der Waals surface area contributed by atoms with Crippen molar-refractivity contribution in [2.24, 2.45) is 0 Å². The fourth-order valence-electron chi connectivity index (χ4n) is 0.448. The number of carbonyl (C=O) groups excluding carboxylic acids is 1. The number of carbonyl (C=O) groups is 1. The fourth-order valence-corrected chi connectivity index (χ4v) is 3.40. The van der Waals surface area contributed by atoms with Crippen LogP contribution in [0.4, 0.5) is 0 Å². The lowest BCUT2D eigenvalue weighted by molar-refractivity contribution is -0.104. The topological polar surface area (TPSA) is 17.1 Å². The molecule has 0 saturated heterocycles. The molecule has 52 valence electrons. The second-order valence-corrected chi connectivity index (χ2v) is 8.95. The molecule has 0 aromatic rings. The van der Waals surface area contributed by atoms with E-state index in [1.54, 1.807) is 0 Å². The highest BCUT2D eigenvalue weighted by Gasteiger charge is 2.08. The molecule has 0 spiro atoms. The third kappa shape index (κ3) is 5.99. The minimum Gasteiger partial charge on any atom is -0.297 e. The SMILES string of the molecule is C[Si](C)(C)/C=C(\Br)C=O. The normalized spacial score (nSPS) is 13.6. The minimum absolute atomic E-state index is 0.682. The lowest BCUT2D eigenvalue weighted by Gasteiger charge is -2.07. The minimum atomic E-state index is -1.18. The van der Waals surface area contributed by atoms with E-state index in [0.717, 1.165) is 6.29 Å². The van der Waals surface area contributed by atoms with Crippen LogP contribution in [0.15, 0.2) is 10.2 Å². The van der Waals surface area contributed by atoms with Gasteiger partial charge in [-0.25, -0.2) is 0 Å². The largest absolute Gasteiger partial charge is 0.297 e. The predicted molar refractivity (Wildman–Crippen MR) is 46.4 cm³/mol. The van der Waals surface area contributed by atoms with Crippen LogP contribution in [-0.4, -0.2) is 14.4 Å². The maximum absolute atomic E-state index is 10.1. The first-order chi connectivity index (χ1) is 3.95. The Morgan fingerprint density at radius 1 is 1.44 bits per heavy atom. The Kier molecular flexibility index (Phi) is 3.36. The summed E-state index contributed by atoms with van der Waals surface area (Å²) in [4.78, 5) is 10.1. The first kappa shape index (κ1) is 9.11. The summed E-state index contributed by atoms with van der Waals surface area (Å²) in [5, 5.41) is 0. The van der Waals surface area contributed by atoms with E-state index in [1.165, 1.54) is 0 Å². The summed E-state index contributed by atoms with van der Waals surface area (Å²) in [5.41, 5.74) is 2.01. The molecule has 0 aromatic heterocycles. The maximum Gasteiger partial charge on any atom is 0.156 e. The van der Waals surface area contributed by atoms with Crippen LogP contribution in [-0.2, 0) is 4.79 Å². The van der Waals surface area contributed by atoms with Gasteiger partial charge in [0, 0.05) is 4.48 Å². The summed E-state index contributed by atoms with van der Waals surface area (Å²) in [6.07, 6.45) is 0.832. The van der Waals surface area contributed by atoms with Gasteiger partial charge in [-0.05, 0) is 15.9 Å². The summed E-state index contributed by atoms with van der Waals surface area (Å²) in [6, 6.07) is 0. The first-order valence-electron chi connectivity index (χ1n) is 2.79. The van der Waals surface area contributed by atoms with E-state index < -0.39 is 8.07 Å². The Balaban J connectivity index is 4.11. The van der Waals surface area contributed by atoms with Crippen LogP contribution in [0, 0.1) is 0 Å². The Morgan fingerprint density at radius 3 is 2.00 bits per heavy atom. The van der Waals surface area contributed by atoms with Gasteiger partial charge in [0.1, 0.15) is 0 Å². The molecule has 0 rings (SSSR count). The van der Waals surface area contributed by atoms with Crippen LogP contribution in [0.3, 0.4) is 0 Å². The molecule has 0 fully saturated rings. The third-order valence-electron chi connectivity index (χ3n) is 0.683. The lowest BCUT2D eigenvalue weighted by atomic mass is 10.7. The van der Waals surface area contributed by atoms with Gasteiger partial charge in [-0.1, -0.05) is 25.3 Å². The molecule has 0 radical (unpaired) electrons. The first-order valence-corrected chi connectivity index (χ1v) is 7.16. The Bertz CT molecular complexity index is 134. The Hall–Kier alpha value is 0.107. The van der Waals surface area contributed by atoms with Crippen molar-refractivity contribution in [3.05, 3.63) is 10.2 Å². The van der Waals surface area contributed by atoms with Gasteiger partial charge in [0.2, 0.25) is 0 Å². The molecule has 0 aliphatic carbocycles. The van der Waals surface area contributed by atoms with Crippen molar-refractivity contribution in [2.75, 3.05) is 0 Å². The van der Waals surface area contributed by atoms with Gasteiger partial charge in [0.05, 0.1) is 8.07 Å². The second kappa shape index (κ2) is 3.32. The van der Waals surface area contributed by atoms with Crippen LogP contribution < -0.4 is 0 Å². The average molecular weight is 207 g/mol. The summed E-state index contributed by atoms with van der Waals surface area (Å²) < 4.78 is 0.682. The fraction of sp³-hybridized carbons (Fsp3) is 0.500. The molecule has 0 amide bonds. The number of hydrogen-bond acceptors (Lipinski definition) is 1. The van der Waals surface area contributed by atoms with E-state index in [1.807, 2.05) is 5.70 Å². The summed E-state index contributed by atoms with van der Waals surface area (Å²) in [6.45, 7) is 6.54. The monoisotopic (exact) mass is 206 g/mol. The van der Waals surface area contributed by atoms with Gasteiger partial charge >= 0.3 is 0 Å². The number of hydrogen-bond donors (Lipinski definition) is 0. The Morgan fingerprint density at radius 2 is 1.89 bits per heavy atom. The molecule has 1 nitrogen and oxygen atoms in total. The molecule has 0 heterocycles. The average Bonchev–Trinajstić information content (AvgIpc) is 1.62. The van der Waals surface area contributed by atoms with Crippen molar-refractivity contribution in [1.82, 2.24) is 0 Å². The molecule has 0 saturated carbocycles. The molecular weight excluding hydrogens is 196 g/mol. The zero-order chi connectivity index (χ0) is 7.49. The van der Waals surface area contributed by atoms with Crippen molar-refractivity contribution in [3.8, 4) is 0 Å². The van der Waals surface area contributed by atoms with Crippen molar-refractivity contribution in [2.45, 2.75) is 19.6 Å². The van der Waals surface area contributed by atoms with Crippen molar-refractivity contribution in [3.63, 3.8) is 0 Å². The maximum atomic E-state index is 10.1. The van der Waals surface area contributed by atoms with Crippen molar-refractivity contribution < 1.29 is 4.79 Å². The predicted octanol–water partition coefficient (Wildman–Crippen LogP) is 2.34. The Labute approximate surface area is 65.3 Å². The van der Waals surface area contributed by atoms with Gasteiger partial charge in [0.15, 0.2) is 6.29 Å². The number of rotatable bonds is 2. The van der Waals surface area contributed by atoms with Crippen LogP contribution in [0.1, 0.15) is 0 Å². The molecular formula is C6H11BrOSi. The highest BCUT2D eigenvalue weighted by molar-refractivity contribution is 9.12. The highest BCUT2D eigenvalue weighted by atomic mass is 79.9. The van der Waals surface area contributed by atoms with E-state index in [2.05, 4.69) is 35.6 Å². The van der Waals surface area contributed by atoms with Gasteiger partial charge < -0.3 is 0 Å². The lowest BCUT2D eigenvalue weighted by Crippen LogP contribution is -2.16. The van der Waals surface area contributed by atoms with E-state index in [4.69, 9.17) is 0 Å². The van der Waals surface area contributed by atoms with Gasteiger partial charge in [-0.2, -0.15) is 0 Å². The van der Waals surface area contributed by atoms with Crippen LogP contribution in [0.25, 0.3) is 0 Å². The molecule has 0 aliphatic rings. The second-order valence-electron chi connectivity index (χ2n) is 3.01. The highest BCUT2D eigenvalue weighted by Crippen LogP contribution is 2.09. The standard InChI is InChI=1S/C6H11BrOSi/c1-9(2,3)5-6(7)4-8/h4-5H,1-3H3/b6-5-. The van der Waals surface area contributed by atoms with Crippen molar-refractivity contribution >= 4 is 30.3 Å². The van der Waals surface area contributed by atoms with Crippen LogP contribution in [0.5, 0.6) is 0 Å². The zero-order valence-corrected chi connectivity index (χ0v) is 8.53. The number of aldehydes is 1. The summed E-state index contributed by atoms with van der Waals surface area (Å²) >= 11 is 3.14. The molecule has 9 heavy (non-hydrogen) atoms. The van der Waals surface area contributed by atoms with Crippen LogP contribution >= 0.6 is 15.9 Å². The molecule has 3 heteroatoms. The smallest absolute Gasteiger partial charge is 0.156 e. The molecule has 0 N–H and O–H groups in total. The van der Waals surface area contributed by atoms with Crippen LogP contribution in [0.2, 0.25) is 19.6 Å². The van der Waals surface area contributed by atoms with E-state index in [-0.39, 0.29) is 0 Å². The molecule has 0 unspecified atom stereocenters. The molecule has 0 atom stereocenters. The molecule has 0 aromatic carbocycles. The van der Waals surface area contributed by atoms with Gasteiger partial charge in [0.25, 0.3) is 0 Å². The van der Waals surface area contributed by atoms with Gasteiger partial charge in [-0.15, -0.1) is 0 Å². The quantitative estimate of drug-likeness (QED) is 0.386. The van der Waals surface area contributed by atoms with E-state index in [9.17, 15) is 4.79 Å². The van der Waals surface area contributed by atoms with E-state index >= 15 is 0 Å².